The van der Waals surface area contributed by atoms with Gasteiger partial charge in [-0.25, -0.2) is 0 Å². The van der Waals surface area contributed by atoms with Crippen LogP contribution in [0.3, 0.4) is 0 Å². The number of benzene rings is 13. The highest BCUT2D eigenvalue weighted by Crippen LogP contribution is 2.67. The first-order chi connectivity index (χ1) is 35.2. The second-order valence-corrected chi connectivity index (χ2v) is 20.4. The SMILES string of the molecule is c1ccc2c(c1)-c1ccccc1C21c2ccccc2-c2c1cc1c3cccc4c5c(cc(c6cccc2c61)c43)C1(c2ccccc2-c2ccc(-c3cccc4c3oc3ccccc34)cc21)c1ccccc1-5. The molecule has 0 saturated heterocycles. The zero-order valence-electron chi connectivity index (χ0n) is 38.3. The maximum Gasteiger partial charge on any atom is 0.143 e. The molecule has 0 fully saturated rings. The summed E-state index contributed by atoms with van der Waals surface area (Å²) in [5.74, 6) is 0. The Morgan fingerprint density at radius 2 is 0.634 bits per heavy atom. The average molecular weight is 895 g/mol. The molecule has 1 heteroatoms. The lowest BCUT2D eigenvalue weighted by Gasteiger charge is -2.32. The van der Waals surface area contributed by atoms with Gasteiger partial charge in [0.25, 0.3) is 0 Å². The highest BCUT2D eigenvalue weighted by atomic mass is 16.3. The van der Waals surface area contributed by atoms with Crippen LogP contribution in [0.1, 0.15) is 44.5 Å². The molecule has 1 heterocycles. The Morgan fingerprint density at radius 1 is 0.239 bits per heavy atom. The van der Waals surface area contributed by atoms with Crippen LogP contribution < -0.4 is 0 Å². The van der Waals surface area contributed by atoms with E-state index in [0.717, 1.165) is 33.1 Å². The number of fused-ring (bicyclic) bond motifs is 27. The summed E-state index contributed by atoms with van der Waals surface area (Å²) in [5, 5.41) is 12.9. The maximum absolute atomic E-state index is 6.71. The van der Waals surface area contributed by atoms with E-state index in [-0.39, 0.29) is 0 Å². The van der Waals surface area contributed by atoms with E-state index in [2.05, 4.69) is 231 Å². The molecule has 1 aromatic heterocycles. The molecule has 0 saturated carbocycles. The summed E-state index contributed by atoms with van der Waals surface area (Å²) in [6.45, 7) is 0. The zero-order chi connectivity index (χ0) is 45.9. The van der Waals surface area contributed by atoms with Crippen molar-refractivity contribution in [2.75, 3.05) is 0 Å². The van der Waals surface area contributed by atoms with Gasteiger partial charge in [0.05, 0.1) is 10.8 Å². The number of rotatable bonds is 1. The molecule has 0 radical (unpaired) electrons. The smallest absolute Gasteiger partial charge is 0.143 e. The van der Waals surface area contributed by atoms with Crippen LogP contribution in [0, 0.1) is 0 Å². The van der Waals surface area contributed by atoms with E-state index in [0.29, 0.717) is 0 Å². The lowest BCUT2D eigenvalue weighted by atomic mass is 9.69. The van der Waals surface area contributed by atoms with Gasteiger partial charge in [0.2, 0.25) is 0 Å². The molecule has 1 unspecified atom stereocenters. The van der Waals surface area contributed by atoms with Crippen LogP contribution in [0.25, 0.3) is 121 Å². The van der Waals surface area contributed by atoms with Crippen molar-refractivity contribution in [1.82, 2.24) is 0 Å². The first kappa shape index (κ1) is 36.9. The van der Waals surface area contributed by atoms with Gasteiger partial charge in [0.15, 0.2) is 0 Å². The minimum absolute atomic E-state index is 0.435. The first-order valence-electron chi connectivity index (χ1n) is 25.0. The first-order valence-corrected chi connectivity index (χ1v) is 25.0. The van der Waals surface area contributed by atoms with E-state index in [4.69, 9.17) is 4.42 Å². The Balaban J connectivity index is 0.972. The highest BCUT2D eigenvalue weighted by Gasteiger charge is 2.54. The van der Waals surface area contributed by atoms with Crippen LogP contribution in [0.15, 0.2) is 235 Å². The van der Waals surface area contributed by atoms with Gasteiger partial charge in [0.1, 0.15) is 11.2 Å². The van der Waals surface area contributed by atoms with Crippen LogP contribution in [0.5, 0.6) is 0 Å². The van der Waals surface area contributed by atoms with Gasteiger partial charge >= 0.3 is 0 Å². The van der Waals surface area contributed by atoms with Gasteiger partial charge in [-0.05, 0) is 162 Å². The summed E-state index contributed by atoms with van der Waals surface area (Å²) in [6.07, 6.45) is 0. The van der Waals surface area contributed by atoms with Crippen LogP contribution >= 0.6 is 0 Å². The molecular formula is C70H38O. The number of furan rings is 1. The standard InChI is InChI=1S/C70H38O/c1-7-28-55-41(16-1)42-17-2-8-29-56(42)69(55)58-31-10-4-20-49(58)66-51-26-14-24-47-54-38-62-67(52-27-15-23-46(65(52)54)53(64(47)51)37-61(66)69)50-21-5-11-32-59(50)70(62)57-30-9-3-18-43(57)44-35-34-39(36-60(44)70)40-22-13-25-48-45-19-6-12-33-63(45)71-68(40)48/h1-38H. The van der Waals surface area contributed by atoms with Crippen LogP contribution in [0.4, 0.5) is 0 Å². The lowest BCUT2D eigenvalue weighted by molar-refractivity contribution is 0.670. The number of para-hydroxylation sites is 2. The average Bonchev–Trinajstić information content (AvgIpc) is 4.23. The topological polar surface area (TPSA) is 13.1 Å². The summed E-state index contributed by atoms with van der Waals surface area (Å²) in [5.41, 5.74) is 24.6. The van der Waals surface area contributed by atoms with Crippen LogP contribution in [-0.4, -0.2) is 0 Å². The fourth-order valence-corrected chi connectivity index (χ4v) is 15.2. The second kappa shape index (κ2) is 12.6. The molecule has 71 heavy (non-hydrogen) atoms. The molecule has 2 spiro atoms. The largest absolute Gasteiger partial charge is 0.455 e. The molecule has 324 valence electrons. The van der Waals surface area contributed by atoms with Crippen molar-refractivity contribution in [1.29, 1.82) is 0 Å². The van der Waals surface area contributed by atoms with Crippen molar-refractivity contribution >= 4 is 65.0 Å². The van der Waals surface area contributed by atoms with Crippen LogP contribution in [-0.2, 0) is 10.8 Å². The predicted octanol–water partition coefficient (Wildman–Crippen LogP) is 18.0. The zero-order valence-corrected chi connectivity index (χ0v) is 38.3. The minimum atomic E-state index is -0.559. The van der Waals surface area contributed by atoms with Gasteiger partial charge in [0, 0.05) is 16.3 Å². The summed E-state index contributed by atoms with van der Waals surface area (Å²) in [6, 6.07) is 87.8. The van der Waals surface area contributed by atoms with Gasteiger partial charge in [-0.2, -0.15) is 0 Å². The molecule has 0 aliphatic heterocycles. The van der Waals surface area contributed by atoms with E-state index in [1.54, 1.807) is 0 Å². The summed E-state index contributed by atoms with van der Waals surface area (Å²) >= 11 is 0. The monoisotopic (exact) mass is 894 g/mol. The Labute approximate surface area is 408 Å². The fraction of sp³-hybridized carbons (Fsp3) is 0.0286. The fourth-order valence-electron chi connectivity index (χ4n) is 15.2. The molecule has 4 aliphatic rings. The van der Waals surface area contributed by atoms with E-state index < -0.39 is 10.8 Å². The third-order valence-electron chi connectivity index (χ3n) is 17.6. The third-order valence-corrected chi connectivity index (χ3v) is 17.6. The van der Waals surface area contributed by atoms with Crippen molar-refractivity contribution in [2.45, 2.75) is 10.8 Å². The van der Waals surface area contributed by atoms with Crippen molar-refractivity contribution in [3.63, 3.8) is 0 Å². The van der Waals surface area contributed by atoms with E-state index in [9.17, 15) is 0 Å². The molecule has 0 amide bonds. The van der Waals surface area contributed by atoms with E-state index >= 15 is 0 Å². The lowest BCUT2D eigenvalue weighted by Crippen LogP contribution is -2.26. The quantitative estimate of drug-likeness (QED) is 0.118. The molecule has 4 aliphatic carbocycles. The third kappa shape index (κ3) is 4.08. The summed E-state index contributed by atoms with van der Waals surface area (Å²) in [7, 11) is 0. The van der Waals surface area contributed by atoms with E-state index in [1.165, 1.54) is 132 Å². The minimum Gasteiger partial charge on any atom is -0.455 e. The second-order valence-electron chi connectivity index (χ2n) is 20.4. The number of hydrogen-bond donors (Lipinski definition) is 0. The maximum atomic E-state index is 6.71. The Hall–Kier alpha value is -9.04. The van der Waals surface area contributed by atoms with Gasteiger partial charge in [-0.3, -0.25) is 0 Å². The molecule has 0 N–H and O–H groups in total. The summed E-state index contributed by atoms with van der Waals surface area (Å²) < 4.78 is 6.71. The number of hydrogen-bond acceptors (Lipinski definition) is 1. The molecule has 13 aromatic carbocycles. The summed E-state index contributed by atoms with van der Waals surface area (Å²) in [4.78, 5) is 0. The molecule has 14 aromatic rings. The molecule has 18 rings (SSSR count). The van der Waals surface area contributed by atoms with Crippen molar-refractivity contribution in [2.24, 2.45) is 0 Å². The molecular weight excluding hydrogens is 857 g/mol. The van der Waals surface area contributed by atoms with Crippen LogP contribution in [0.2, 0.25) is 0 Å². The normalized spacial score (nSPS) is 16.1. The molecule has 1 atom stereocenters. The Bertz CT molecular complexity index is 4730. The van der Waals surface area contributed by atoms with Gasteiger partial charge < -0.3 is 4.42 Å². The van der Waals surface area contributed by atoms with E-state index in [1.807, 2.05) is 0 Å². The Kier molecular flexibility index (Phi) is 6.55. The molecule has 1 nitrogen and oxygen atoms in total. The molecule has 0 bridgehead atoms. The van der Waals surface area contributed by atoms with Gasteiger partial charge in [-0.1, -0.05) is 206 Å². The van der Waals surface area contributed by atoms with Crippen molar-refractivity contribution in [3.8, 4) is 55.6 Å². The Morgan fingerprint density at radius 3 is 1.20 bits per heavy atom. The highest BCUT2D eigenvalue weighted by molar-refractivity contribution is 6.36. The van der Waals surface area contributed by atoms with Gasteiger partial charge in [-0.15, -0.1) is 0 Å². The van der Waals surface area contributed by atoms with Crippen molar-refractivity contribution in [3.05, 3.63) is 275 Å². The van der Waals surface area contributed by atoms with Crippen molar-refractivity contribution < 1.29 is 4.42 Å². The predicted molar refractivity (Wildman–Crippen MR) is 293 cm³/mol.